The number of hydrogen-bond donors (Lipinski definition) is 1. The smallest absolute Gasteiger partial charge is 0.260 e. The van der Waals surface area contributed by atoms with Gasteiger partial charge in [-0.25, -0.2) is 0 Å². The van der Waals surface area contributed by atoms with Crippen molar-refractivity contribution in [3.63, 3.8) is 0 Å². The lowest BCUT2D eigenvalue weighted by Gasteiger charge is -2.35. The van der Waals surface area contributed by atoms with Gasteiger partial charge in [-0.1, -0.05) is 18.2 Å². The van der Waals surface area contributed by atoms with Crippen LogP contribution in [0.4, 0.5) is 0 Å². The van der Waals surface area contributed by atoms with Crippen LogP contribution in [0.15, 0.2) is 30.3 Å². The fourth-order valence-corrected chi connectivity index (χ4v) is 3.60. The summed E-state index contributed by atoms with van der Waals surface area (Å²) >= 11 is 0. The Morgan fingerprint density at radius 1 is 1.28 bits per heavy atom. The summed E-state index contributed by atoms with van der Waals surface area (Å²) in [5.41, 5.74) is 0. The maximum Gasteiger partial charge on any atom is 0.260 e. The minimum atomic E-state index is -0.0972. The van der Waals surface area contributed by atoms with Gasteiger partial charge in [0.15, 0.2) is 6.61 Å². The third-order valence-electron chi connectivity index (χ3n) is 5.16. The molecule has 2 aliphatic heterocycles. The van der Waals surface area contributed by atoms with E-state index >= 15 is 0 Å². The van der Waals surface area contributed by atoms with Crippen molar-refractivity contribution in [3.05, 3.63) is 30.3 Å². The van der Waals surface area contributed by atoms with Crippen LogP contribution in [0.3, 0.4) is 0 Å². The second kappa shape index (κ2) is 8.34. The molecule has 136 valence electrons. The van der Waals surface area contributed by atoms with E-state index in [4.69, 9.17) is 4.74 Å². The Hall–Kier alpha value is -2.08. The molecular formula is C19H27N3O3. The number of likely N-dealkylation sites (tertiary alicyclic amines) is 1. The molecule has 1 N–H and O–H groups in total. The molecule has 0 saturated carbocycles. The lowest BCUT2D eigenvalue weighted by Crippen LogP contribution is -2.49. The number of rotatable bonds is 5. The number of ether oxygens (including phenoxy) is 1. The van der Waals surface area contributed by atoms with Crippen LogP contribution in [-0.4, -0.2) is 67.5 Å². The molecule has 2 atom stereocenters. The zero-order valence-corrected chi connectivity index (χ0v) is 14.8. The first-order valence-electron chi connectivity index (χ1n) is 9.08. The van der Waals surface area contributed by atoms with E-state index in [0.29, 0.717) is 18.8 Å². The van der Waals surface area contributed by atoms with Gasteiger partial charge in [-0.2, -0.15) is 0 Å². The predicted octanol–water partition coefficient (Wildman–Crippen LogP) is 1.12. The number of amides is 2. The first-order chi connectivity index (χ1) is 12.1. The number of para-hydroxylation sites is 1. The van der Waals surface area contributed by atoms with E-state index in [1.165, 1.54) is 0 Å². The number of carbonyl (C=O) groups is 2. The Balaban J connectivity index is 1.51. The summed E-state index contributed by atoms with van der Waals surface area (Å²) in [6.45, 7) is 3.06. The predicted molar refractivity (Wildman–Crippen MR) is 95.3 cm³/mol. The van der Waals surface area contributed by atoms with Crippen molar-refractivity contribution < 1.29 is 14.3 Å². The second-order valence-corrected chi connectivity index (χ2v) is 6.88. The zero-order valence-electron chi connectivity index (χ0n) is 14.8. The Morgan fingerprint density at radius 2 is 2.08 bits per heavy atom. The summed E-state index contributed by atoms with van der Waals surface area (Å²) in [7, 11) is 1.89. The minimum absolute atomic E-state index is 0.0211. The van der Waals surface area contributed by atoms with Gasteiger partial charge in [-0.05, 0) is 37.9 Å². The topological polar surface area (TPSA) is 61.9 Å². The Morgan fingerprint density at radius 3 is 2.80 bits per heavy atom. The highest BCUT2D eigenvalue weighted by Gasteiger charge is 2.33. The van der Waals surface area contributed by atoms with Crippen molar-refractivity contribution in [1.29, 1.82) is 0 Å². The van der Waals surface area contributed by atoms with E-state index in [1.54, 1.807) is 4.90 Å². The van der Waals surface area contributed by atoms with Gasteiger partial charge < -0.3 is 19.9 Å². The third kappa shape index (κ3) is 4.51. The van der Waals surface area contributed by atoms with Crippen LogP contribution in [0.1, 0.15) is 19.3 Å². The van der Waals surface area contributed by atoms with E-state index in [-0.39, 0.29) is 30.4 Å². The first-order valence-corrected chi connectivity index (χ1v) is 9.08. The third-order valence-corrected chi connectivity index (χ3v) is 5.16. The summed E-state index contributed by atoms with van der Waals surface area (Å²) in [6, 6.07) is 9.61. The molecule has 2 aliphatic rings. The average molecular weight is 345 g/mol. The number of nitrogens with one attached hydrogen (secondary N) is 1. The summed E-state index contributed by atoms with van der Waals surface area (Å²) < 4.78 is 5.55. The standard InChI is InChI=1S/C19H27N3O3/c1-21(16-9-10-20-12-16)19(24)15-6-5-11-22(13-15)18(23)14-25-17-7-3-2-4-8-17/h2-4,7-8,15-16,20H,5-6,9-14H2,1H3. The number of hydrogen-bond acceptors (Lipinski definition) is 4. The zero-order chi connectivity index (χ0) is 17.6. The van der Waals surface area contributed by atoms with E-state index < -0.39 is 0 Å². The number of piperidine rings is 1. The van der Waals surface area contributed by atoms with Crippen LogP contribution >= 0.6 is 0 Å². The van der Waals surface area contributed by atoms with Gasteiger partial charge in [0, 0.05) is 32.7 Å². The first kappa shape index (κ1) is 17.7. The molecular weight excluding hydrogens is 318 g/mol. The molecule has 0 spiro atoms. The van der Waals surface area contributed by atoms with Crippen molar-refractivity contribution in [2.75, 3.05) is 39.8 Å². The molecule has 25 heavy (non-hydrogen) atoms. The van der Waals surface area contributed by atoms with E-state index in [2.05, 4.69) is 5.32 Å². The molecule has 2 unspecified atom stereocenters. The van der Waals surface area contributed by atoms with Crippen LogP contribution in [0, 0.1) is 5.92 Å². The van der Waals surface area contributed by atoms with Crippen molar-refractivity contribution >= 4 is 11.8 Å². The number of benzene rings is 1. The number of likely N-dealkylation sites (N-methyl/N-ethyl adjacent to an activating group) is 1. The molecule has 1 aromatic carbocycles. The summed E-state index contributed by atoms with van der Waals surface area (Å²) in [4.78, 5) is 28.8. The Bertz CT molecular complexity index is 587. The monoisotopic (exact) mass is 345 g/mol. The van der Waals surface area contributed by atoms with Gasteiger partial charge in [0.1, 0.15) is 5.75 Å². The van der Waals surface area contributed by atoms with Gasteiger partial charge in [0.05, 0.1) is 5.92 Å². The second-order valence-electron chi connectivity index (χ2n) is 6.88. The molecule has 2 saturated heterocycles. The van der Waals surface area contributed by atoms with Gasteiger partial charge in [-0.3, -0.25) is 9.59 Å². The minimum Gasteiger partial charge on any atom is -0.484 e. The maximum absolute atomic E-state index is 12.8. The van der Waals surface area contributed by atoms with E-state index in [9.17, 15) is 9.59 Å². The molecule has 2 fully saturated rings. The molecule has 0 aliphatic carbocycles. The normalized spacial score (nSPS) is 23.3. The van der Waals surface area contributed by atoms with Crippen molar-refractivity contribution in [2.45, 2.75) is 25.3 Å². The highest BCUT2D eigenvalue weighted by atomic mass is 16.5. The Labute approximate surface area is 149 Å². The molecule has 3 rings (SSSR count). The lowest BCUT2D eigenvalue weighted by molar-refractivity contribution is -0.142. The lowest BCUT2D eigenvalue weighted by atomic mass is 9.96. The fourth-order valence-electron chi connectivity index (χ4n) is 3.60. The molecule has 6 heteroatoms. The summed E-state index contributed by atoms with van der Waals surface area (Å²) in [5, 5.41) is 3.30. The molecule has 2 heterocycles. The quantitative estimate of drug-likeness (QED) is 0.869. The van der Waals surface area contributed by atoms with Crippen LogP contribution in [0.2, 0.25) is 0 Å². The largest absolute Gasteiger partial charge is 0.484 e. The van der Waals surface area contributed by atoms with Gasteiger partial charge in [-0.15, -0.1) is 0 Å². The van der Waals surface area contributed by atoms with Crippen LogP contribution < -0.4 is 10.1 Å². The van der Waals surface area contributed by atoms with Crippen LogP contribution in [-0.2, 0) is 9.59 Å². The highest BCUT2D eigenvalue weighted by molar-refractivity contribution is 5.82. The molecule has 2 amide bonds. The summed E-state index contributed by atoms with van der Waals surface area (Å²) in [6.07, 6.45) is 2.72. The van der Waals surface area contributed by atoms with E-state index in [1.807, 2.05) is 42.3 Å². The fraction of sp³-hybridized carbons (Fsp3) is 0.579. The van der Waals surface area contributed by atoms with Gasteiger partial charge in [0.25, 0.3) is 5.91 Å². The van der Waals surface area contributed by atoms with Crippen molar-refractivity contribution in [3.8, 4) is 5.75 Å². The van der Waals surface area contributed by atoms with Crippen molar-refractivity contribution in [1.82, 2.24) is 15.1 Å². The number of carbonyl (C=O) groups excluding carboxylic acids is 2. The summed E-state index contributed by atoms with van der Waals surface area (Å²) in [5.74, 6) is 0.704. The highest BCUT2D eigenvalue weighted by Crippen LogP contribution is 2.21. The van der Waals surface area contributed by atoms with E-state index in [0.717, 1.165) is 32.4 Å². The van der Waals surface area contributed by atoms with Gasteiger partial charge >= 0.3 is 0 Å². The molecule has 0 radical (unpaired) electrons. The maximum atomic E-state index is 12.8. The van der Waals surface area contributed by atoms with Crippen LogP contribution in [0.5, 0.6) is 5.75 Å². The molecule has 6 nitrogen and oxygen atoms in total. The molecule has 1 aromatic rings. The molecule has 0 bridgehead atoms. The SMILES string of the molecule is CN(C(=O)C1CCCN(C(=O)COc2ccccc2)C1)C1CCNC1. The molecule has 0 aromatic heterocycles. The Kier molecular flexibility index (Phi) is 5.91. The number of nitrogens with zero attached hydrogens (tertiary/aromatic N) is 2. The van der Waals surface area contributed by atoms with Gasteiger partial charge in [0.2, 0.25) is 5.91 Å². The average Bonchev–Trinajstić information content (AvgIpc) is 3.20. The van der Waals surface area contributed by atoms with Crippen molar-refractivity contribution in [2.24, 2.45) is 5.92 Å². The van der Waals surface area contributed by atoms with Crippen LogP contribution in [0.25, 0.3) is 0 Å².